The van der Waals surface area contributed by atoms with Crippen LogP contribution in [-0.4, -0.2) is 78.8 Å². The topological polar surface area (TPSA) is 99.2 Å². The van der Waals surface area contributed by atoms with Crippen molar-refractivity contribution in [3.8, 4) is 0 Å². The normalized spacial score (nSPS) is 18.0. The number of hydrogen-bond acceptors (Lipinski definition) is 4. The monoisotopic (exact) mass is 299 g/mol. The van der Waals surface area contributed by atoms with E-state index in [9.17, 15) is 14.4 Å². The summed E-state index contributed by atoms with van der Waals surface area (Å²) >= 11 is 0. The first kappa shape index (κ1) is 17.0. The molecular formula is C13H21N3O5. The van der Waals surface area contributed by atoms with E-state index in [2.05, 4.69) is 11.9 Å². The molecule has 1 unspecified atom stereocenters. The second-order valence-electron chi connectivity index (χ2n) is 4.61. The van der Waals surface area contributed by atoms with Gasteiger partial charge in [0.2, 0.25) is 5.91 Å². The van der Waals surface area contributed by atoms with Gasteiger partial charge in [-0.3, -0.25) is 9.59 Å². The van der Waals surface area contributed by atoms with Gasteiger partial charge in [0.1, 0.15) is 6.04 Å². The van der Waals surface area contributed by atoms with Gasteiger partial charge in [0.05, 0.1) is 13.0 Å². The quantitative estimate of drug-likeness (QED) is 0.618. The van der Waals surface area contributed by atoms with Crippen molar-refractivity contribution in [2.75, 3.05) is 39.9 Å². The van der Waals surface area contributed by atoms with Crippen molar-refractivity contribution >= 4 is 17.9 Å². The maximum Gasteiger partial charge on any atom is 0.321 e. The number of aliphatic carboxylic acids is 1. The predicted molar refractivity (Wildman–Crippen MR) is 74.8 cm³/mol. The minimum absolute atomic E-state index is 0.281. The molecule has 3 amide bonds. The molecule has 0 aromatic carbocycles. The van der Waals surface area contributed by atoms with Crippen LogP contribution >= 0.6 is 0 Å². The Morgan fingerprint density at radius 3 is 2.90 bits per heavy atom. The smallest absolute Gasteiger partial charge is 0.321 e. The molecule has 1 heterocycles. The number of amides is 3. The summed E-state index contributed by atoms with van der Waals surface area (Å²) in [5, 5.41) is 11.5. The summed E-state index contributed by atoms with van der Waals surface area (Å²) in [7, 11) is 1.53. The van der Waals surface area contributed by atoms with Gasteiger partial charge in [0.15, 0.2) is 0 Å². The standard InChI is InChI=1S/C13H21N3O5/c1-3-5-15(7-8-21-2)13(20)16-6-4-14-12(19)10(16)9-11(17)18/h3,10H,1,4-9H2,2H3,(H,14,19)(H,17,18). The third-order valence-electron chi connectivity index (χ3n) is 3.13. The Morgan fingerprint density at radius 2 is 2.33 bits per heavy atom. The molecule has 1 rings (SSSR count). The van der Waals surface area contributed by atoms with Crippen LogP contribution in [0.15, 0.2) is 12.7 Å². The number of ether oxygens (including phenoxy) is 1. The average Bonchev–Trinajstić information content (AvgIpc) is 2.44. The van der Waals surface area contributed by atoms with Crippen molar-refractivity contribution in [2.24, 2.45) is 0 Å². The number of urea groups is 1. The highest BCUT2D eigenvalue weighted by atomic mass is 16.5. The van der Waals surface area contributed by atoms with Crippen LogP contribution in [0.4, 0.5) is 4.79 Å². The lowest BCUT2D eigenvalue weighted by Crippen LogP contribution is -2.60. The molecule has 1 aliphatic rings. The molecule has 8 nitrogen and oxygen atoms in total. The minimum Gasteiger partial charge on any atom is -0.481 e. The highest BCUT2D eigenvalue weighted by Gasteiger charge is 2.36. The molecule has 118 valence electrons. The molecule has 8 heteroatoms. The number of carbonyl (C=O) groups is 3. The second-order valence-corrected chi connectivity index (χ2v) is 4.61. The van der Waals surface area contributed by atoms with Crippen LogP contribution in [0.3, 0.4) is 0 Å². The van der Waals surface area contributed by atoms with Gasteiger partial charge in [-0.05, 0) is 0 Å². The van der Waals surface area contributed by atoms with Gasteiger partial charge in [-0.25, -0.2) is 4.79 Å². The number of hydrogen-bond donors (Lipinski definition) is 2. The van der Waals surface area contributed by atoms with Gasteiger partial charge in [0.25, 0.3) is 0 Å². The van der Waals surface area contributed by atoms with E-state index in [4.69, 9.17) is 9.84 Å². The molecule has 0 aromatic rings. The van der Waals surface area contributed by atoms with Crippen molar-refractivity contribution in [3.05, 3.63) is 12.7 Å². The van der Waals surface area contributed by atoms with Crippen LogP contribution < -0.4 is 5.32 Å². The number of rotatable bonds is 7. The molecule has 2 N–H and O–H groups in total. The van der Waals surface area contributed by atoms with E-state index in [0.29, 0.717) is 26.2 Å². The number of piperazine rings is 1. The first-order valence-corrected chi connectivity index (χ1v) is 6.66. The number of carboxylic acid groups (broad SMARTS) is 1. The predicted octanol–water partition coefficient (Wildman–Crippen LogP) is -0.484. The fraction of sp³-hybridized carbons (Fsp3) is 0.615. The van der Waals surface area contributed by atoms with Gasteiger partial charge < -0.3 is 25.0 Å². The second kappa shape index (κ2) is 8.25. The summed E-state index contributed by atoms with van der Waals surface area (Å²) in [6.07, 6.45) is 1.16. The van der Waals surface area contributed by atoms with Crippen molar-refractivity contribution in [3.63, 3.8) is 0 Å². The van der Waals surface area contributed by atoms with Crippen LogP contribution in [-0.2, 0) is 14.3 Å². The molecule has 1 saturated heterocycles. The van der Waals surface area contributed by atoms with Crippen LogP contribution in [0.25, 0.3) is 0 Å². The fourth-order valence-electron chi connectivity index (χ4n) is 2.12. The molecule has 0 bridgehead atoms. The molecular weight excluding hydrogens is 278 g/mol. The molecule has 21 heavy (non-hydrogen) atoms. The summed E-state index contributed by atoms with van der Waals surface area (Å²) in [5.74, 6) is -1.57. The Bertz CT molecular complexity index is 413. The number of nitrogens with zero attached hydrogens (tertiary/aromatic N) is 2. The first-order valence-electron chi connectivity index (χ1n) is 6.66. The zero-order valence-electron chi connectivity index (χ0n) is 12.1. The highest BCUT2D eigenvalue weighted by molar-refractivity contribution is 5.91. The zero-order valence-corrected chi connectivity index (χ0v) is 12.1. The van der Waals surface area contributed by atoms with Gasteiger partial charge >= 0.3 is 12.0 Å². The largest absolute Gasteiger partial charge is 0.481 e. The van der Waals surface area contributed by atoms with E-state index in [0.717, 1.165) is 0 Å². The van der Waals surface area contributed by atoms with Gasteiger partial charge in [-0.2, -0.15) is 0 Å². The molecule has 0 aliphatic carbocycles. The molecule has 0 radical (unpaired) electrons. The van der Waals surface area contributed by atoms with Crippen molar-refractivity contribution in [1.29, 1.82) is 0 Å². The van der Waals surface area contributed by atoms with Gasteiger partial charge in [0, 0.05) is 33.3 Å². The van der Waals surface area contributed by atoms with E-state index in [1.165, 1.54) is 16.9 Å². The third kappa shape index (κ3) is 4.75. The lowest BCUT2D eigenvalue weighted by Gasteiger charge is -2.37. The van der Waals surface area contributed by atoms with E-state index in [1.54, 1.807) is 6.08 Å². The van der Waals surface area contributed by atoms with Crippen LogP contribution in [0.1, 0.15) is 6.42 Å². The van der Waals surface area contributed by atoms with Crippen LogP contribution in [0.5, 0.6) is 0 Å². The molecule has 0 spiro atoms. The van der Waals surface area contributed by atoms with E-state index in [1.807, 2.05) is 0 Å². The Morgan fingerprint density at radius 1 is 1.62 bits per heavy atom. The van der Waals surface area contributed by atoms with E-state index >= 15 is 0 Å². The van der Waals surface area contributed by atoms with Crippen molar-refractivity contribution in [1.82, 2.24) is 15.1 Å². The summed E-state index contributed by atoms with van der Waals surface area (Å²) < 4.78 is 4.95. The van der Waals surface area contributed by atoms with Crippen LogP contribution in [0.2, 0.25) is 0 Å². The number of carboxylic acids is 1. The van der Waals surface area contributed by atoms with Crippen molar-refractivity contribution in [2.45, 2.75) is 12.5 Å². The van der Waals surface area contributed by atoms with Crippen LogP contribution in [0, 0.1) is 0 Å². The summed E-state index contributed by atoms with van der Waals surface area (Å²) in [6.45, 7) is 5.19. The van der Waals surface area contributed by atoms with E-state index < -0.39 is 24.3 Å². The SMILES string of the molecule is C=CCN(CCOC)C(=O)N1CCNC(=O)C1CC(=O)O. The maximum absolute atomic E-state index is 12.5. The fourth-order valence-corrected chi connectivity index (χ4v) is 2.12. The summed E-state index contributed by atoms with van der Waals surface area (Å²) in [6, 6.07) is -1.37. The van der Waals surface area contributed by atoms with Crippen molar-refractivity contribution < 1.29 is 24.2 Å². The zero-order chi connectivity index (χ0) is 15.8. The Labute approximate surface area is 123 Å². The minimum atomic E-state index is -1.12. The molecule has 0 aromatic heterocycles. The number of nitrogens with one attached hydrogen (secondary N) is 1. The highest BCUT2D eigenvalue weighted by Crippen LogP contribution is 2.12. The Kier molecular flexibility index (Phi) is 6.67. The molecule has 1 atom stereocenters. The van der Waals surface area contributed by atoms with Gasteiger partial charge in [-0.1, -0.05) is 6.08 Å². The number of carbonyl (C=O) groups excluding carboxylic acids is 2. The molecule has 0 saturated carbocycles. The maximum atomic E-state index is 12.5. The Hall–Kier alpha value is -2.09. The average molecular weight is 299 g/mol. The lowest BCUT2D eigenvalue weighted by molar-refractivity contribution is -0.142. The lowest BCUT2D eigenvalue weighted by atomic mass is 10.1. The Balaban J connectivity index is 2.84. The number of methoxy groups -OCH3 is 1. The molecule has 1 aliphatic heterocycles. The van der Waals surface area contributed by atoms with E-state index in [-0.39, 0.29) is 12.6 Å². The third-order valence-corrected chi connectivity index (χ3v) is 3.13. The summed E-state index contributed by atoms with van der Waals surface area (Å²) in [4.78, 5) is 38.0. The first-order chi connectivity index (χ1) is 10.0. The van der Waals surface area contributed by atoms with Gasteiger partial charge in [-0.15, -0.1) is 6.58 Å². The molecule has 1 fully saturated rings. The summed E-state index contributed by atoms with van der Waals surface area (Å²) in [5.41, 5.74) is 0.